The number of nitrogens with zero attached hydrogens (tertiary/aromatic N) is 3. The first-order valence-corrected chi connectivity index (χ1v) is 13.0. The van der Waals surface area contributed by atoms with Gasteiger partial charge in [0.15, 0.2) is 0 Å². The average molecular weight is 586 g/mol. The number of pyridine rings is 2. The first-order valence-electron chi connectivity index (χ1n) is 12.6. The summed E-state index contributed by atoms with van der Waals surface area (Å²) >= 11 is 5.84. The number of carbonyl (C=O) groups excluding carboxylic acids is 3. The van der Waals surface area contributed by atoms with Gasteiger partial charge in [0.05, 0.1) is 22.5 Å². The van der Waals surface area contributed by atoms with Crippen LogP contribution in [0.2, 0.25) is 5.02 Å². The van der Waals surface area contributed by atoms with Gasteiger partial charge in [-0.1, -0.05) is 11.6 Å². The number of amides is 3. The van der Waals surface area contributed by atoms with Crippen molar-refractivity contribution in [2.45, 2.75) is 44.9 Å². The van der Waals surface area contributed by atoms with Gasteiger partial charge in [-0.3, -0.25) is 19.5 Å². The number of methoxy groups -OCH3 is 1. The maximum Gasteiger partial charge on any atom is 0.344 e. The second-order valence-electron chi connectivity index (χ2n) is 10.3. The molecule has 1 saturated heterocycles. The smallest absolute Gasteiger partial charge is 0.344 e. The minimum Gasteiger partial charge on any atom is -0.456 e. The Kier molecular flexibility index (Phi) is 8.74. The van der Waals surface area contributed by atoms with Crippen LogP contribution in [0.25, 0.3) is 5.69 Å². The summed E-state index contributed by atoms with van der Waals surface area (Å²) in [6.45, 7) is 5.17. The fourth-order valence-electron chi connectivity index (χ4n) is 4.23. The Balaban J connectivity index is 1.51. The topological polar surface area (TPSA) is 132 Å². The van der Waals surface area contributed by atoms with Crippen LogP contribution < -0.4 is 16.2 Å². The second-order valence-corrected chi connectivity index (χ2v) is 10.7. The molecule has 0 spiro atoms. The Bertz CT molecular complexity index is 1520. The minimum atomic E-state index is -0.959. The van der Waals surface area contributed by atoms with Gasteiger partial charge in [0.25, 0.3) is 5.56 Å². The Labute approximate surface area is 240 Å². The van der Waals surface area contributed by atoms with Gasteiger partial charge in [-0.2, -0.15) is 0 Å². The predicted octanol–water partition coefficient (Wildman–Crippen LogP) is 4.24. The molecule has 2 N–H and O–H groups in total. The highest BCUT2D eigenvalue weighted by molar-refractivity contribution is 6.30. The van der Waals surface area contributed by atoms with Gasteiger partial charge in [0, 0.05) is 38.5 Å². The maximum absolute atomic E-state index is 15.2. The van der Waals surface area contributed by atoms with Crippen LogP contribution in [0, 0.1) is 5.82 Å². The zero-order chi connectivity index (χ0) is 29.9. The summed E-state index contributed by atoms with van der Waals surface area (Å²) in [4.78, 5) is 56.9. The first kappa shape index (κ1) is 29.7. The number of carbonyl (C=O) groups is 3. The number of hydrogen-bond donors (Lipinski definition) is 2. The molecule has 0 aliphatic carbocycles. The molecule has 3 amide bonds. The van der Waals surface area contributed by atoms with Crippen LogP contribution in [0.1, 0.15) is 37.6 Å². The molecule has 13 heteroatoms. The van der Waals surface area contributed by atoms with Crippen molar-refractivity contribution < 1.29 is 28.2 Å². The number of halogens is 2. The lowest BCUT2D eigenvalue weighted by Crippen LogP contribution is -2.45. The van der Waals surface area contributed by atoms with E-state index in [1.54, 1.807) is 26.8 Å². The number of rotatable bonds is 6. The SMILES string of the molecule is COC1CC(C(=O)Nc2ccc(-n3cccc(C(=O)OC(C)(C)C)c3=O)cc2F)N(C(=O)Nc2ccc(Cl)cn2)C1. The zero-order valence-corrected chi connectivity index (χ0v) is 23.6. The van der Waals surface area contributed by atoms with Crippen LogP contribution in [0.3, 0.4) is 0 Å². The third-order valence-corrected chi connectivity index (χ3v) is 6.40. The van der Waals surface area contributed by atoms with E-state index in [4.69, 9.17) is 21.1 Å². The van der Waals surface area contributed by atoms with Crippen LogP contribution in [0.5, 0.6) is 0 Å². The Morgan fingerprint density at radius 3 is 2.51 bits per heavy atom. The van der Waals surface area contributed by atoms with Crippen molar-refractivity contribution in [3.8, 4) is 5.69 Å². The standard InChI is InChI=1S/C28H29ClFN5O6/c1-28(2,3)41-26(38)19-6-5-11-34(25(19)37)17-8-9-21(20(30)12-17)32-24(36)22-13-18(40-4)15-35(22)27(39)33-23-10-7-16(29)14-31-23/h5-12,14,18,22H,13,15H2,1-4H3,(H,32,36)(H,31,33,39). The van der Waals surface area contributed by atoms with Crippen LogP contribution in [-0.2, 0) is 14.3 Å². The molecule has 1 aromatic carbocycles. The molecule has 0 radical (unpaired) electrons. The molecule has 2 unspecified atom stereocenters. The van der Waals surface area contributed by atoms with Gasteiger partial charge in [-0.15, -0.1) is 0 Å². The quantitative estimate of drug-likeness (QED) is 0.414. The number of benzene rings is 1. The first-order chi connectivity index (χ1) is 19.4. The van der Waals surface area contributed by atoms with Crippen molar-refractivity contribution >= 4 is 41.0 Å². The van der Waals surface area contributed by atoms with E-state index >= 15 is 4.39 Å². The minimum absolute atomic E-state index is 0.131. The number of urea groups is 1. The van der Waals surface area contributed by atoms with Crippen molar-refractivity contribution in [2.75, 3.05) is 24.3 Å². The summed E-state index contributed by atoms with van der Waals surface area (Å²) < 4.78 is 26.9. The lowest BCUT2D eigenvalue weighted by Gasteiger charge is -2.24. The number of hydrogen-bond acceptors (Lipinski definition) is 7. The summed E-state index contributed by atoms with van der Waals surface area (Å²) in [7, 11) is 1.47. The summed E-state index contributed by atoms with van der Waals surface area (Å²) in [6.07, 6.45) is 2.54. The second kappa shape index (κ2) is 12.1. The van der Waals surface area contributed by atoms with Crippen LogP contribution >= 0.6 is 11.6 Å². The number of anilines is 2. The van der Waals surface area contributed by atoms with E-state index in [-0.39, 0.29) is 35.7 Å². The van der Waals surface area contributed by atoms with E-state index in [0.717, 1.165) is 10.6 Å². The zero-order valence-electron chi connectivity index (χ0n) is 22.8. The summed E-state index contributed by atoms with van der Waals surface area (Å²) in [5, 5.41) is 5.53. The normalized spacial score (nSPS) is 16.8. The Hall–Kier alpha value is -4.29. The number of likely N-dealkylation sites (tertiary alicyclic amines) is 1. The van der Waals surface area contributed by atoms with E-state index in [9.17, 15) is 19.2 Å². The van der Waals surface area contributed by atoms with Crippen molar-refractivity contribution in [2.24, 2.45) is 0 Å². The van der Waals surface area contributed by atoms with Crippen molar-refractivity contribution in [1.82, 2.24) is 14.5 Å². The van der Waals surface area contributed by atoms with Gasteiger partial charge in [-0.05, 0) is 57.2 Å². The number of aromatic nitrogens is 2. The lowest BCUT2D eigenvalue weighted by atomic mass is 10.1. The van der Waals surface area contributed by atoms with Gasteiger partial charge >= 0.3 is 12.0 Å². The predicted molar refractivity (Wildman–Crippen MR) is 150 cm³/mol. The van der Waals surface area contributed by atoms with E-state index in [2.05, 4.69) is 15.6 Å². The largest absolute Gasteiger partial charge is 0.456 e. The molecule has 216 valence electrons. The molecule has 11 nitrogen and oxygen atoms in total. The van der Waals surface area contributed by atoms with E-state index < -0.39 is 47.0 Å². The number of esters is 1. The van der Waals surface area contributed by atoms with Crippen molar-refractivity contribution in [3.05, 3.63) is 81.6 Å². The molecule has 1 aliphatic rings. The van der Waals surface area contributed by atoms with Gasteiger partial charge in [-0.25, -0.2) is 19.0 Å². The molecule has 4 rings (SSSR count). The number of nitrogens with one attached hydrogen (secondary N) is 2. The molecule has 0 saturated carbocycles. The summed E-state index contributed by atoms with van der Waals surface area (Å²) in [6, 6.07) is 8.10. The molecular formula is C28H29ClFN5O6. The third kappa shape index (κ3) is 7.08. The summed E-state index contributed by atoms with van der Waals surface area (Å²) in [5.74, 6) is -2.01. The van der Waals surface area contributed by atoms with Gasteiger partial charge in [0.2, 0.25) is 5.91 Å². The summed E-state index contributed by atoms with van der Waals surface area (Å²) in [5.41, 5.74) is -1.72. The number of ether oxygens (including phenoxy) is 2. The molecule has 41 heavy (non-hydrogen) atoms. The highest BCUT2D eigenvalue weighted by atomic mass is 35.5. The van der Waals surface area contributed by atoms with Crippen molar-refractivity contribution in [3.63, 3.8) is 0 Å². The van der Waals surface area contributed by atoms with E-state index in [0.29, 0.717) is 5.02 Å². The molecule has 2 aromatic heterocycles. The molecule has 1 fully saturated rings. The molecule has 3 aromatic rings. The lowest BCUT2D eigenvalue weighted by molar-refractivity contribution is -0.119. The Morgan fingerprint density at radius 1 is 1.12 bits per heavy atom. The van der Waals surface area contributed by atoms with Gasteiger partial charge < -0.3 is 19.7 Å². The average Bonchev–Trinajstić information content (AvgIpc) is 3.35. The monoisotopic (exact) mass is 585 g/mol. The highest BCUT2D eigenvalue weighted by Gasteiger charge is 2.40. The maximum atomic E-state index is 15.2. The van der Waals surface area contributed by atoms with E-state index in [1.165, 1.54) is 54.7 Å². The molecule has 2 atom stereocenters. The van der Waals surface area contributed by atoms with Crippen LogP contribution in [0.4, 0.5) is 20.7 Å². The molecule has 3 heterocycles. The van der Waals surface area contributed by atoms with E-state index in [1.807, 2.05) is 0 Å². The fourth-order valence-corrected chi connectivity index (χ4v) is 4.34. The molecule has 0 bridgehead atoms. The van der Waals surface area contributed by atoms with Gasteiger partial charge in [0.1, 0.15) is 28.8 Å². The molecular weight excluding hydrogens is 557 g/mol. The Morgan fingerprint density at radius 2 is 1.88 bits per heavy atom. The molecule has 1 aliphatic heterocycles. The van der Waals surface area contributed by atoms with Crippen LogP contribution in [0.15, 0.2) is 59.7 Å². The highest BCUT2D eigenvalue weighted by Crippen LogP contribution is 2.25. The fraction of sp³-hybridized carbons (Fsp3) is 0.321. The third-order valence-electron chi connectivity index (χ3n) is 6.18. The van der Waals surface area contributed by atoms with Crippen molar-refractivity contribution in [1.29, 1.82) is 0 Å². The van der Waals surface area contributed by atoms with Crippen LogP contribution in [-0.4, -0.2) is 63.8 Å².